The summed E-state index contributed by atoms with van der Waals surface area (Å²) in [6.07, 6.45) is 1.12. The van der Waals surface area contributed by atoms with E-state index in [-0.39, 0.29) is 0 Å². The molecule has 1 N–H and O–H groups in total. The lowest BCUT2D eigenvalue weighted by Gasteiger charge is -2.35. The molecule has 3 heteroatoms. The van der Waals surface area contributed by atoms with Gasteiger partial charge in [0.15, 0.2) is 0 Å². The largest absolute Gasteiger partial charge is 0.480 e. The maximum absolute atomic E-state index is 11.5. The van der Waals surface area contributed by atoms with Crippen LogP contribution in [0, 0.1) is 0 Å². The highest BCUT2D eigenvalue weighted by molar-refractivity contribution is 5.79. The summed E-state index contributed by atoms with van der Waals surface area (Å²) in [5, 5.41) is 9.41. The van der Waals surface area contributed by atoms with Gasteiger partial charge in [0.25, 0.3) is 0 Å². The molecule has 0 aliphatic rings. The normalized spacial score (nSPS) is 14.8. The number of carbonyl (C=O) groups is 1. The van der Waals surface area contributed by atoms with Gasteiger partial charge in [-0.2, -0.15) is 0 Å². The summed E-state index contributed by atoms with van der Waals surface area (Å²) in [6.45, 7) is 1.91. The zero-order valence-electron chi connectivity index (χ0n) is 10.1. The van der Waals surface area contributed by atoms with Gasteiger partial charge in [0.05, 0.1) is 0 Å². The zero-order chi connectivity index (χ0) is 12.2. The van der Waals surface area contributed by atoms with E-state index in [0.717, 1.165) is 5.56 Å². The lowest BCUT2D eigenvalue weighted by atomic mass is 9.87. The first kappa shape index (κ1) is 12.7. The molecule has 0 heterocycles. The Morgan fingerprint density at radius 1 is 1.31 bits per heavy atom. The highest BCUT2D eigenvalue weighted by Gasteiger charge is 2.38. The Bertz CT molecular complexity index is 348. The first-order valence-electron chi connectivity index (χ1n) is 5.47. The van der Waals surface area contributed by atoms with E-state index in [1.807, 2.05) is 51.4 Å². The first-order valence-corrected chi connectivity index (χ1v) is 5.47. The topological polar surface area (TPSA) is 40.5 Å². The molecule has 88 valence electrons. The lowest BCUT2D eigenvalue weighted by Crippen LogP contribution is -2.52. The van der Waals surface area contributed by atoms with E-state index >= 15 is 0 Å². The summed E-state index contributed by atoms with van der Waals surface area (Å²) in [4.78, 5) is 13.3. The highest BCUT2D eigenvalue weighted by atomic mass is 16.4. The van der Waals surface area contributed by atoms with Crippen molar-refractivity contribution in [2.75, 3.05) is 14.1 Å². The molecule has 0 spiro atoms. The number of hydrogen-bond acceptors (Lipinski definition) is 2. The van der Waals surface area contributed by atoms with Crippen molar-refractivity contribution in [3.63, 3.8) is 0 Å². The first-order chi connectivity index (χ1) is 7.53. The molecule has 0 aliphatic heterocycles. The fourth-order valence-electron chi connectivity index (χ4n) is 1.95. The van der Waals surface area contributed by atoms with Crippen molar-refractivity contribution in [1.29, 1.82) is 0 Å². The quantitative estimate of drug-likeness (QED) is 0.827. The average Bonchev–Trinajstić information content (AvgIpc) is 2.26. The van der Waals surface area contributed by atoms with Crippen molar-refractivity contribution >= 4 is 5.97 Å². The Morgan fingerprint density at radius 3 is 2.25 bits per heavy atom. The van der Waals surface area contributed by atoms with Crippen LogP contribution in [-0.2, 0) is 11.2 Å². The summed E-state index contributed by atoms with van der Waals surface area (Å²) < 4.78 is 0. The van der Waals surface area contributed by atoms with E-state index in [1.54, 1.807) is 4.90 Å². The van der Waals surface area contributed by atoms with Crippen LogP contribution in [0.3, 0.4) is 0 Å². The Balaban J connectivity index is 3.00. The van der Waals surface area contributed by atoms with E-state index in [9.17, 15) is 9.90 Å². The van der Waals surface area contributed by atoms with E-state index in [1.165, 1.54) is 0 Å². The van der Waals surface area contributed by atoms with Crippen LogP contribution < -0.4 is 0 Å². The van der Waals surface area contributed by atoms with Crippen molar-refractivity contribution in [2.24, 2.45) is 0 Å². The van der Waals surface area contributed by atoms with Gasteiger partial charge in [-0.3, -0.25) is 9.69 Å². The van der Waals surface area contributed by atoms with Gasteiger partial charge in [0.2, 0.25) is 0 Å². The van der Waals surface area contributed by atoms with Crippen LogP contribution in [0.15, 0.2) is 30.3 Å². The number of benzene rings is 1. The number of likely N-dealkylation sites (N-methyl/N-ethyl adjacent to an activating group) is 1. The minimum Gasteiger partial charge on any atom is -0.480 e. The summed E-state index contributed by atoms with van der Waals surface area (Å²) in [7, 11) is 3.64. The predicted octanol–water partition coefficient (Wildman–Crippen LogP) is 2.02. The van der Waals surface area contributed by atoms with Crippen LogP contribution in [0.5, 0.6) is 0 Å². The summed E-state index contributed by atoms with van der Waals surface area (Å²) in [5.41, 5.74) is 0.252. The van der Waals surface area contributed by atoms with Crippen molar-refractivity contribution in [3.8, 4) is 0 Å². The number of nitrogens with zero attached hydrogens (tertiary/aromatic N) is 1. The minimum absolute atomic E-state index is 0.534. The molecule has 1 aromatic rings. The van der Waals surface area contributed by atoms with Gasteiger partial charge in [-0.15, -0.1) is 0 Å². The second-order valence-electron chi connectivity index (χ2n) is 4.25. The Morgan fingerprint density at radius 2 is 1.88 bits per heavy atom. The van der Waals surface area contributed by atoms with Crippen molar-refractivity contribution in [3.05, 3.63) is 35.9 Å². The molecule has 0 aromatic heterocycles. The summed E-state index contributed by atoms with van der Waals surface area (Å²) in [5.74, 6) is -0.760. The predicted molar refractivity (Wildman–Crippen MR) is 64.5 cm³/mol. The zero-order valence-corrected chi connectivity index (χ0v) is 10.1. The molecule has 0 fully saturated rings. The minimum atomic E-state index is -0.804. The molecule has 3 nitrogen and oxygen atoms in total. The van der Waals surface area contributed by atoms with Gasteiger partial charge in [-0.05, 0) is 26.1 Å². The van der Waals surface area contributed by atoms with Gasteiger partial charge in [-0.1, -0.05) is 37.3 Å². The van der Waals surface area contributed by atoms with Crippen molar-refractivity contribution in [1.82, 2.24) is 4.90 Å². The fourth-order valence-corrected chi connectivity index (χ4v) is 1.95. The van der Waals surface area contributed by atoms with E-state index in [0.29, 0.717) is 12.8 Å². The van der Waals surface area contributed by atoms with E-state index in [4.69, 9.17) is 0 Å². The van der Waals surface area contributed by atoms with Crippen LogP contribution in [0.2, 0.25) is 0 Å². The smallest absolute Gasteiger partial charge is 0.324 e. The third-order valence-corrected chi connectivity index (χ3v) is 3.18. The molecule has 0 saturated heterocycles. The third-order valence-electron chi connectivity index (χ3n) is 3.18. The van der Waals surface area contributed by atoms with Gasteiger partial charge < -0.3 is 5.11 Å². The molecule has 1 atom stereocenters. The molecule has 0 aliphatic carbocycles. The SMILES string of the molecule is CCC(Cc1ccccc1)(C(=O)O)N(C)C. The maximum atomic E-state index is 11.5. The fraction of sp³-hybridized carbons (Fsp3) is 0.462. The maximum Gasteiger partial charge on any atom is 0.324 e. The molecule has 1 rings (SSSR count). The Hall–Kier alpha value is -1.35. The molecular weight excluding hydrogens is 202 g/mol. The van der Waals surface area contributed by atoms with Gasteiger partial charge in [0.1, 0.15) is 5.54 Å². The van der Waals surface area contributed by atoms with Gasteiger partial charge in [-0.25, -0.2) is 0 Å². The van der Waals surface area contributed by atoms with E-state index in [2.05, 4.69) is 0 Å². The Labute approximate surface area is 96.7 Å². The van der Waals surface area contributed by atoms with Crippen LogP contribution in [-0.4, -0.2) is 35.6 Å². The summed E-state index contributed by atoms with van der Waals surface area (Å²) in [6, 6.07) is 9.75. The molecule has 1 aromatic carbocycles. The number of carboxylic acid groups (broad SMARTS) is 1. The lowest BCUT2D eigenvalue weighted by molar-refractivity contribution is -0.150. The van der Waals surface area contributed by atoms with Crippen LogP contribution in [0.1, 0.15) is 18.9 Å². The van der Waals surface area contributed by atoms with Gasteiger partial charge >= 0.3 is 5.97 Å². The Kier molecular flexibility index (Phi) is 4.07. The molecular formula is C13H19NO2. The van der Waals surface area contributed by atoms with Crippen LogP contribution in [0.25, 0.3) is 0 Å². The second-order valence-corrected chi connectivity index (χ2v) is 4.25. The number of hydrogen-bond donors (Lipinski definition) is 1. The molecule has 16 heavy (non-hydrogen) atoms. The standard InChI is InChI=1S/C13H19NO2/c1-4-13(12(15)16,14(2)3)10-11-8-6-5-7-9-11/h5-9H,4,10H2,1-3H3,(H,15,16). The molecule has 0 saturated carbocycles. The van der Waals surface area contributed by atoms with Crippen LogP contribution >= 0.6 is 0 Å². The van der Waals surface area contributed by atoms with Crippen molar-refractivity contribution in [2.45, 2.75) is 25.3 Å². The molecule has 0 radical (unpaired) electrons. The van der Waals surface area contributed by atoms with E-state index < -0.39 is 11.5 Å². The number of aliphatic carboxylic acids is 1. The number of rotatable bonds is 5. The molecule has 0 amide bonds. The van der Waals surface area contributed by atoms with Crippen molar-refractivity contribution < 1.29 is 9.90 Å². The average molecular weight is 221 g/mol. The highest BCUT2D eigenvalue weighted by Crippen LogP contribution is 2.23. The molecule has 1 unspecified atom stereocenters. The molecule has 0 bridgehead atoms. The number of carboxylic acids is 1. The van der Waals surface area contributed by atoms with Crippen LogP contribution in [0.4, 0.5) is 0 Å². The third kappa shape index (κ3) is 2.42. The monoisotopic (exact) mass is 221 g/mol. The second kappa shape index (κ2) is 5.12. The summed E-state index contributed by atoms with van der Waals surface area (Å²) >= 11 is 0. The van der Waals surface area contributed by atoms with Gasteiger partial charge in [0, 0.05) is 6.42 Å².